The maximum atomic E-state index is 14.0. The lowest BCUT2D eigenvalue weighted by Crippen LogP contribution is -2.53. The van der Waals surface area contributed by atoms with Crippen molar-refractivity contribution in [1.82, 2.24) is 10.2 Å². The summed E-state index contributed by atoms with van der Waals surface area (Å²) in [5.74, 6) is -0.830. The van der Waals surface area contributed by atoms with Gasteiger partial charge in [-0.3, -0.25) is 13.9 Å². The number of rotatable bonds is 10. The van der Waals surface area contributed by atoms with Crippen LogP contribution in [0.4, 0.5) is 5.69 Å². The van der Waals surface area contributed by atoms with E-state index in [2.05, 4.69) is 5.32 Å². The molecule has 0 spiro atoms. The van der Waals surface area contributed by atoms with E-state index < -0.39 is 28.5 Å². The molecule has 2 amide bonds. The van der Waals surface area contributed by atoms with E-state index in [1.807, 2.05) is 6.07 Å². The lowest BCUT2D eigenvalue weighted by Gasteiger charge is -2.33. The first-order chi connectivity index (χ1) is 19.2. The zero-order valence-electron chi connectivity index (χ0n) is 22.3. The molecule has 1 atom stereocenters. The van der Waals surface area contributed by atoms with Gasteiger partial charge in [-0.25, -0.2) is 8.42 Å². The van der Waals surface area contributed by atoms with E-state index in [9.17, 15) is 18.0 Å². The van der Waals surface area contributed by atoms with Gasteiger partial charge in [0.25, 0.3) is 10.0 Å². The number of hydrogen-bond acceptors (Lipinski definition) is 4. The van der Waals surface area contributed by atoms with Gasteiger partial charge in [-0.1, -0.05) is 84.9 Å². The Balaban J connectivity index is 1.68. The van der Waals surface area contributed by atoms with Crippen molar-refractivity contribution in [3.8, 4) is 0 Å². The van der Waals surface area contributed by atoms with Gasteiger partial charge in [0, 0.05) is 17.6 Å². The molecule has 0 unspecified atom stereocenters. The van der Waals surface area contributed by atoms with Crippen LogP contribution in [0.25, 0.3) is 0 Å². The zero-order chi connectivity index (χ0) is 28.7. The van der Waals surface area contributed by atoms with Crippen molar-refractivity contribution in [2.45, 2.75) is 62.6 Å². The molecule has 3 aromatic carbocycles. The van der Waals surface area contributed by atoms with Crippen LogP contribution >= 0.6 is 23.2 Å². The minimum atomic E-state index is -4.17. The van der Waals surface area contributed by atoms with Crippen molar-refractivity contribution in [2.75, 3.05) is 10.8 Å². The summed E-state index contributed by atoms with van der Waals surface area (Å²) in [5.41, 5.74) is 0.886. The first kappa shape index (κ1) is 29.9. The number of anilines is 1. The summed E-state index contributed by atoms with van der Waals surface area (Å²) < 4.78 is 28.6. The molecule has 7 nitrogen and oxygen atoms in total. The minimum absolute atomic E-state index is 0.0206. The van der Waals surface area contributed by atoms with Gasteiger partial charge in [-0.15, -0.1) is 0 Å². The van der Waals surface area contributed by atoms with Crippen LogP contribution in [0.2, 0.25) is 10.0 Å². The molecule has 0 aromatic heterocycles. The van der Waals surface area contributed by atoms with E-state index >= 15 is 0 Å². The van der Waals surface area contributed by atoms with Gasteiger partial charge in [-0.05, 0) is 61.7 Å². The van der Waals surface area contributed by atoms with Crippen molar-refractivity contribution < 1.29 is 18.0 Å². The Morgan fingerprint density at radius 2 is 1.60 bits per heavy atom. The molecule has 10 heteroatoms. The number of sulfonamides is 1. The van der Waals surface area contributed by atoms with Gasteiger partial charge in [0.15, 0.2) is 0 Å². The molecular weight excluding hydrogens is 569 g/mol. The number of carbonyl (C=O) groups is 2. The number of halogens is 2. The average Bonchev–Trinajstić information content (AvgIpc) is 2.95. The normalized spacial score (nSPS) is 14.8. The molecule has 1 aliphatic rings. The minimum Gasteiger partial charge on any atom is -0.352 e. The summed E-state index contributed by atoms with van der Waals surface area (Å²) in [5, 5.41) is 3.76. The molecule has 1 saturated carbocycles. The molecule has 4 rings (SSSR count). The molecule has 0 heterocycles. The predicted octanol–water partition coefficient (Wildman–Crippen LogP) is 6.05. The third-order valence-corrected chi connectivity index (χ3v) is 9.42. The average molecular weight is 603 g/mol. The van der Waals surface area contributed by atoms with Crippen molar-refractivity contribution >= 4 is 50.7 Å². The predicted molar refractivity (Wildman–Crippen MR) is 159 cm³/mol. The Bertz CT molecular complexity index is 1430. The van der Waals surface area contributed by atoms with Crippen molar-refractivity contribution in [1.29, 1.82) is 0 Å². The van der Waals surface area contributed by atoms with Gasteiger partial charge in [0.1, 0.15) is 12.6 Å². The Kier molecular flexibility index (Phi) is 10.1. The Hall–Kier alpha value is -3.07. The fraction of sp³-hybridized carbons (Fsp3) is 0.333. The first-order valence-electron chi connectivity index (χ1n) is 13.3. The third-order valence-electron chi connectivity index (χ3n) is 7.09. The fourth-order valence-corrected chi connectivity index (χ4v) is 6.83. The quantitative estimate of drug-likeness (QED) is 0.306. The van der Waals surface area contributed by atoms with Crippen LogP contribution in [0.1, 0.15) is 44.6 Å². The second-order valence-corrected chi connectivity index (χ2v) is 12.7. The highest BCUT2D eigenvalue weighted by Gasteiger charge is 2.33. The van der Waals surface area contributed by atoms with Gasteiger partial charge >= 0.3 is 0 Å². The summed E-state index contributed by atoms with van der Waals surface area (Å²) in [6, 6.07) is 20.6. The van der Waals surface area contributed by atoms with Crippen LogP contribution in [0.3, 0.4) is 0 Å². The highest BCUT2D eigenvalue weighted by Crippen LogP contribution is 2.31. The van der Waals surface area contributed by atoms with E-state index in [0.717, 1.165) is 36.4 Å². The number of nitrogens with zero attached hydrogens (tertiary/aromatic N) is 2. The molecule has 40 heavy (non-hydrogen) atoms. The summed E-state index contributed by atoms with van der Waals surface area (Å²) in [4.78, 5) is 28.8. The van der Waals surface area contributed by atoms with Crippen molar-refractivity contribution in [2.24, 2.45) is 0 Å². The summed E-state index contributed by atoms with van der Waals surface area (Å²) in [7, 11) is -4.17. The van der Waals surface area contributed by atoms with Crippen molar-refractivity contribution in [3.05, 3.63) is 94.5 Å². The summed E-state index contributed by atoms with van der Waals surface area (Å²) >= 11 is 12.6. The SMILES string of the molecule is C[C@@H](C(=O)NC1CCCCC1)N(Cc1cccc(Cl)c1)C(=O)CN(c1ccccc1Cl)S(=O)(=O)c1ccccc1. The van der Waals surface area contributed by atoms with Crippen molar-refractivity contribution in [3.63, 3.8) is 0 Å². The Morgan fingerprint density at radius 3 is 2.27 bits per heavy atom. The number of nitrogens with one attached hydrogen (secondary N) is 1. The Labute approximate surface area is 246 Å². The van der Waals surface area contributed by atoms with E-state index in [-0.39, 0.29) is 34.1 Å². The lowest BCUT2D eigenvalue weighted by molar-refractivity contribution is -0.139. The molecule has 212 valence electrons. The van der Waals surface area contributed by atoms with Crippen LogP contribution in [0.5, 0.6) is 0 Å². The van der Waals surface area contributed by atoms with Gasteiger partial charge in [-0.2, -0.15) is 0 Å². The molecule has 1 fully saturated rings. The van der Waals surface area contributed by atoms with E-state index in [1.165, 1.54) is 17.0 Å². The van der Waals surface area contributed by atoms with Crippen LogP contribution < -0.4 is 9.62 Å². The van der Waals surface area contributed by atoms with E-state index in [1.54, 1.807) is 67.6 Å². The standard InChI is InChI=1S/C30H33Cl2N3O4S/c1-22(30(37)33-25-13-4-2-5-14-25)34(20-23-11-10-12-24(31)19-23)29(36)21-35(28-18-9-8-17-27(28)32)40(38,39)26-15-6-3-7-16-26/h3,6-12,15-19,22,25H,2,4-5,13-14,20-21H2,1H3,(H,33,37)/t22-/m0/s1. The molecule has 0 radical (unpaired) electrons. The summed E-state index contributed by atoms with van der Waals surface area (Å²) in [6.45, 7) is 1.18. The number of para-hydroxylation sites is 1. The van der Waals surface area contributed by atoms with E-state index in [0.29, 0.717) is 10.6 Å². The molecule has 3 aromatic rings. The second kappa shape index (κ2) is 13.5. The highest BCUT2D eigenvalue weighted by atomic mass is 35.5. The number of benzene rings is 3. The Morgan fingerprint density at radius 1 is 0.925 bits per heavy atom. The van der Waals surface area contributed by atoms with Crippen LogP contribution in [0.15, 0.2) is 83.8 Å². The summed E-state index contributed by atoms with van der Waals surface area (Å²) in [6.07, 6.45) is 5.05. The molecule has 0 aliphatic heterocycles. The van der Waals surface area contributed by atoms with Gasteiger partial charge in [0.05, 0.1) is 15.6 Å². The number of amides is 2. The number of hydrogen-bond donors (Lipinski definition) is 1. The molecule has 0 saturated heterocycles. The maximum Gasteiger partial charge on any atom is 0.264 e. The van der Waals surface area contributed by atoms with Crippen LogP contribution in [0, 0.1) is 0 Å². The monoisotopic (exact) mass is 601 g/mol. The first-order valence-corrected chi connectivity index (χ1v) is 15.5. The van der Waals surface area contributed by atoms with Gasteiger partial charge in [0.2, 0.25) is 11.8 Å². The van der Waals surface area contributed by atoms with Crippen LogP contribution in [-0.2, 0) is 26.2 Å². The lowest BCUT2D eigenvalue weighted by atomic mass is 9.95. The molecule has 1 N–H and O–H groups in total. The largest absolute Gasteiger partial charge is 0.352 e. The fourth-order valence-electron chi connectivity index (χ4n) is 4.87. The van der Waals surface area contributed by atoms with Gasteiger partial charge < -0.3 is 10.2 Å². The maximum absolute atomic E-state index is 14.0. The molecule has 1 aliphatic carbocycles. The number of carbonyl (C=O) groups excluding carboxylic acids is 2. The second-order valence-electron chi connectivity index (χ2n) is 9.95. The smallest absolute Gasteiger partial charge is 0.264 e. The topological polar surface area (TPSA) is 86.8 Å². The highest BCUT2D eigenvalue weighted by molar-refractivity contribution is 7.92. The zero-order valence-corrected chi connectivity index (χ0v) is 24.6. The van der Waals surface area contributed by atoms with E-state index in [4.69, 9.17) is 23.2 Å². The molecular formula is C30H33Cl2N3O4S. The van der Waals surface area contributed by atoms with Crippen LogP contribution in [-0.4, -0.2) is 43.8 Å². The molecule has 0 bridgehead atoms. The third kappa shape index (κ3) is 7.36.